The number of hydrogen-bond acceptors (Lipinski definition) is 2. The Kier molecular flexibility index (Phi) is 3.26. The van der Waals surface area contributed by atoms with Crippen molar-refractivity contribution in [2.45, 2.75) is 18.9 Å². The van der Waals surface area contributed by atoms with Gasteiger partial charge in [-0.1, -0.05) is 0 Å². The molecule has 3 rings (SSSR count). The lowest BCUT2D eigenvalue weighted by atomic mass is 10.1. The van der Waals surface area contributed by atoms with Crippen molar-refractivity contribution in [3.05, 3.63) is 54.4 Å². The van der Waals surface area contributed by atoms with Gasteiger partial charge in [-0.05, 0) is 49.2 Å². The molecular formula is C16H15N3O. The largest absolute Gasteiger partial charge is 0.324 e. The van der Waals surface area contributed by atoms with Crippen LogP contribution in [0.5, 0.6) is 0 Å². The lowest BCUT2D eigenvalue weighted by Crippen LogP contribution is -2.33. The van der Waals surface area contributed by atoms with Crippen LogP contribution in [-0.2, 0) is 0 Å². The molecule has 100 valence electrons. The summed E-state index contributed by atoms with van der Waals surface area (Å²) in [5.74, 6) is -0.0480. The normalized spacial score (nSPS) is 13.8. The van der Waals surface area contributed by atoms with Gasteiger partial charge in [-0.15, -0.1) is 0 Å². The van der Waals surface area contributed by atoms with E-state index in [1.165, 1.54) is 0 Å². The van der Waals surface area contributed by atoms with Crippen molar-refractivity contribution in [2.75, 3.05) is 6.54 Å². The number of nitrogens with zero attached hydrogens (tertiary/aromatic N) is 3. The highest BCUT2D eigenvalue weighted by atomic mass is 16.2. The minimum atomic E-state index is -0.0480. The van der Waals surface area contributed by atoms with E-state index in [9.17, 15) is 4.79 Å². The molecule has 1 aliphatic carbocycles. The molecule has 0 bridgehead atoms. The molecule has 1 saturated carbocycles. The van der Waals surface area contributed by atoms with Gasteiger partial charge < -0.3 is 9.47 Å². The molecule has 1 aromatic heterocycles. The summed E-state index contributed by atoms with van der Waals surface area (Å²) < 4.78 is 1.99. The number of nitriles is 1. The lowest BCUT2D eigenvalue weighted by molar-refractivity contribution is 0.0765. The Labute approximate surface area is 117 Å². The summed E-state index contributed by atoms with van der Waals surface area (Å²) in [6.07, 6.45) is 5.94. The fraction of sp³-hybridized carbons (Fsp3) is 0.250. The molecule has 1 amide bonds. The minimum Gasteiger partial charge on any atom is -0.324 e. The predicted octanol–water partition coefficient (Wildman–Crippen LogP) is 2.61. The van der Waals surface area contributed by atoms with Gasteiger partial charge in [0.1, 0.15) is 6.54 Å². The SMILES string of the molecule is N#CCN(C(=O)c1ccc(-n2cccc2)cc1)C1CC1. The van der Waals surface area contributed by atoms with Crippen LogP contribution < -0.4 is 0 Å². The van der Waals surface area contributed by atoms with E-state index in [0.29, 0.717) is 5.56 Å². The first-order valence-corrected chi connectivity index (χ1v) is 6.71. The summed E-state index contributed by atoms with van der Waals surface area (Å²) >= 11 is 0. The quantitative estimate of drug-likeness (QED) is 0.798. The first kappa shape index (κ1) is 12.5. The zero-order valence-electron chi connectivity index (χ0n) is 11.1. The molecule has 20 heavy (non-hydrogen) atoms. The average Bonchev–Trinajstić information content (AvgIpc) is 3.17. The number of hydrogen-bond donors (Lipinski definition) is 0. The van der Waals surface area contributed by atoms with Gasteiger partial charge in [0.25, 0.3) is 5.91 Å². The van der Waals surface area contributed by atoms with Crippen LogP contribution in [0, 0.1) is 11.3 Å². The molecule has 2 aromatic rings. The second-order valence-corrected chi connectivity index (χ2v) is 4.96. The first-order chi connectivity index (χ1) is 9.79. The highest BCUT2D eigenvalue weighted by Gasteiger charge is 2.32. The number of rotatable bonds is 4. The molecule has 1 heterocycles. The van der Waals surface area contributed by atoms with Gasteiger partial charge >= 0.3 is 0 Å². The Balaban J connectivity index is 1.80. The summed E-state index contributed by atoms with van der Waals surface area (Å²) in [4.78, 5) is 14.1. The van der Waals surface area contributed by atoms with Gasteiger partial charge in [0.2, 0.25) is 0 Å². The zero-order chi connectivity index (χ0) is 13.9. The maximum Gasteiger partial charge on any atom is 0.254 e. The van der Waals surface area contributed by atoms with Gasteiger partial charge in [-0.25, -0.2) is 0 Å². The van der Waals surface area contributed by atoms with E-state index in [2.05, 4.69) is 6.07 Å². The molecule has 0 saturated heterocycles. The van der Waals surface area contributed by atoms with Crippen LogP contribution in [0.15, 0.2) is 48.8 Å². The molecule has 1 aromatic carbocycles. The fourth-order valence-corrected chi connectivity index (χ4v) is 2.28. The maximum atomic E-state index is 12.4. The van der Waals surface area contributed by atoms with Crippen molar-refractivity contribution in [1.82, 2.24) is 9.47 Å². The Morgan fingerprint density at radius 3 is 2.45 bits per heavy atom. The number of amides is 1. The highest BCUT2D eigenvalue weighted by molar-refractivity contribution is 5.95. The van der Waals surface area contributed by atoms with E-state index < -0.39 is 0 Å². The second-order valence-electron chi connectivity index (χ2n) is 4.96. The molecule has 1 aliphatic rings. The highest BCUT2D eigenvalue weighted by Crippen LogP contribution is 2.28. The summed E-state index contributed by atoms with van der Waals surface area (Å²) in [5.41, 5.74) is 1.66. The number of benzene rings is 1. The topological polar surface area (TPSA) is 49.0 Å². The van der Waals surface area contributed by atoms with Crippen molar-refractivity contribution in [3.8, 4) is 11.8 Å². The third-order valence-electron chi connectivity index (χ3n) is 3.51. The Morgan fingerprint density at radius 2 is 1.90 bits per heavy atom. The molecule has 0 spiro atoms. The van der Waals surface area contributed by atoms with Gasteiger partial charge in [0.05, 0.1) is 6.07 Å². The van der Waals surface area contributed by atoms with E-state index in [1.807, 2.05) is 53.4 Å². The molecule has 0 radical (unpaired) electrons. The number of aromatic nitrogens is 1. The molecule has 0 atom stereocenters. The number of carbonyl (C=O) groups is 1. The van der Waals surface area contributed by atoms with Gasteiger partial charge in [0.15, 0.2) is 0 Å². The van der Waals surface area contributed by atoms with Crippen molar-refractivity contribution < 1.29 is 4.79 Å². The van der Waals surface area contributed by atoms with Gasteiger partial charge in [0, 0.05) is 29.7 Å². The van der Waals surface area contributed by atoms with Crippen LogP contribution in [0.1, 0.15) is 23.2 Å². The molecule has 4 nitrogen and oxygen atoms in total. The van der Waals surface area contributed by atoms with Crippen molar-refractivity contribution in [2.24, 2.45) is 0 Å². The summed E-state index contributed by atoms with van der Waals surface area (Å²) in [6, 6.07) is 13.7. The van der Waals surface area contributed by atoms with Crippen LogP contribution in [0.3, 0.4) is 0 Å². The molecule has 1 fully saturated rings. The summed E-state index contributed by atoms with van der Waals surface area (Å²) in [6.45, 7) is 0.169. The average molecular weight is 265 g/mol. The molecular weight excluding hydrogens is 250 g/mol. The van der Waals surface area contributed by atoms with Gasteiger partial charge in [-0.2, -0.15) is 5.26 Å². The third kappa shape index (κ3) is 2.43. The van der Waals surface area contributed by atoms with E-state index >= 15 is 0 Å². The van der Waals surface area contributed by atoms with E-state index in [0.717, 1.165) is 18.5 Å². The van der Waals surface area contributed by atoms with Crippen molar-refractivity contribution in [1.29, 1.82) is 5.26 Å². The minimum absolute atomic E-state index is 0.0480. The Morgan fingerprint density at radius 1 is 1.25 bits per heavy atom. The van der Waals surface area contributed by atoms with Crippen molar-refractivity contribution >= 4 is 5.91 Å². The summed E-state index contributed by atoms with van der Waals surface area (Å²) in [7, 11) is 0. The molecule has 0 aliphatic heterocycles. The smallest absolute Gasteiger partial charge is 0.254 e. The van der Waals surface area contributed by atoms with Crippen LogP contribution >= 0.6 is 0 Å². The third-order valence-corrected chi connectivity index (χ3v) is 3.51. The van der Waals surface area contributed by atoms with E-state index in [1.54, 1.807) is 4.90 Å². The number of carbonyl (C=O) groups excluding carboxylic acids is 1. The molecule has 0 N–H and O–H groups in total. The van der Waals surface area contributed by atoms with E-state index in [4.69, 9.17) is 5.26 Å². The van der Waals surface area contributed by atoms with Crippen LogP contribution in [0.2, 0.25) is 0 Å². The Bertz CT molecular complexity index is 633. The van der Waals surface area contributed by atoms with Gasteiger partial charge in [-0.3, -0.25) is 4.79 Å². The second kappa shape index (κ2) is 5.22. The van der Waals surface area contributed by atoms with Crippen molar-refractivity contribution in [3.63, 3.8) is 0 Å². The van der Waals surface area contributed by atoms with Crippen LogP contribution in [0.25, 0.3) is 5.69 Å². The first-order valence-electron chi connectivity index (χ1n) is 6.71. The van der Waals surface area contributed by atoms with E-state index in [-0.39, 0.29) is 18.5 Å². The fourth-order valence-electron chi connectivity index (χ4n) is 2.28. The maximum absolute atomic E-state index is 12.4. The lowest BCUT2D eigenvalue weighted by Gasteiger charge is -2.19. The summed E-state index contributed by atoms with van der Waals surface area (Å²) in [5, 5.41) is 8.83. The predicted molar refractivity (Wildman–Crippen MR) is 75.4 cm³/mol. The molecule has 4 heteroatoms. The molecule has 0 unspecified atom stereocenters. The standard InChI is InChI=1S/C16H15N3O/c17-9-12-19(15-7-8-15)16(20)13-3-5-14(6-4-13)18-10-1-2-11-18/h1-6,10-11,15H,7-8,12H2. The Hall–Kier alpha value is -2.54. The van der Waals surface area contributed by atoms with Crippen LogP contribution in [0.4, 0.5) is 0 Å². The zero-order valence-corrected chi connectivity index (χ0v) is 11.1. The monoisotopic (exact) mass is 265 g/mol. The van der Waals surface area contributed by atoms with Crippen LogP contribution in [-0.4, -0.2) is 28.0 Å².